The highest BCUT2D eigenvalue weighted by Crippen LogP contribution is 2.39. The summed E-state index contributed by atoms with van der Waals surface area (Å²) < 4.78 is 4.66. The van der Waals surface area contributed by atoms with E-state index in [9.17, 15) is 9.59 Å². The molecule has 0 bridgehead atoms. The van der Waals surface area contributed by atoms with Gasteiger partial charge >= 0.3 is 5.97 Å². The maximum absolute atomic E-state index is 11.6. The van der Waals surface area contributed by atoms with E-state index < -0.39 is 5.92 Å². The van der Waals surface area contributed by atoms with Crippen molar-refractivity contribution in [3.8, 4) is 0 Å². The fraction of sp³-hybridized carbons (Fsp3) is 0.833. The van der Waals surface area contributed by atoms with E-state index >= 15 is 0 Å². The predicted octanol–water partition coefficient (Wildman–Crippen LogP) is 2.19. The fourth-order valence-corrected chi connectivity index (χ4v) is 2.18. The van der Waals surface area contributed by atoms with Crippen LogP contribution in [0.5, 0.6) is 0 Å². The molecule has 0 aromatic heterocycles. The third-order valence-corrected chi connectivity index (χ3v) is 3.36. The van der Waals surface area contributed by atoms with E-state index in [1.54, 1.807) is 0 Å². The first-order chi connectivity index (χ1) is 6.86. The summed E-state index contributed by atoms with van der Waals surface area (Å²) in [6.45, 7) is 6.46. The van der Waals surface area contributed by atoms with Crippen LogP contribution in [0, 0.1) is 17.3 Å². The number of rotatable bonds is 1. The third-order valence-electron chi connectivity index (χ3n) is 3.36. The Hall–Kier alpha value is -0.860. The van der Waals surface area contributed by atoms with E-state index in [1.165, 1.54) is 7.11 Å². The number of carbonyl (C=O) groups excluding carboxylic acids is 2. The molecule has 3 heteroatoms. The normalized spacial score (nSPS) is 27.6. The van der Waals surface area contributed by atoms with Gasteiger partial charge in [0.05, 0.1) is 7.11 Å². The predicted molar refractivity (Wildman–Crippen MR) is 57.3 cm³/mol. The molecule has 0 N–H and O–H groups in total. The van der Waals surface area contributed by atoms with E-state index in [0.717, 1.165) is 6.42 Å². The molecular weight excluding hydrogens is 192 g/mol. The van der Waals surface area contributed by atoms with E-state index in [1.807, 2.05) is 0 Å². The van der Waals surface area contributed by atoms with Gasteiger partial charge in [-0.2, -0.15) is 0 Å². The van der Waals surface area contributed by atoms with Crippen molar-refractivity contribution in [2.75, 3.05) is 7.11 Å². The Morgan fingerprint density at radius 1 is 1.40 bits per heavy atom. The lowest BCUT2D eigenvalue weighted by molar-refractivity contribution is -0.152. The Morgan fingerprint density at radius 3 is 2.47 bits per heavy atom. The maximum Gasteiger partial charge on any atom is 0.316 e. The molecule has 1 saturated carbocycles. The minimum absolute atomic E-state index is 0.0438. The van der Waals surface area contributed by atoms with Gasteiger partial charge in [-0.15, -0.1) is 0 Å². The number of esters is 1. The van der Waals surface area contributed by atoms with Crippen LogP contribution in [0.1, 0.15) is 40.0 Å². The van der Waals surface area contributed by atoms with Crippen molar-refractivity contribution < 1.29 is 14.3 Å². The molecule has 0 heterocycles. The molecule has 0 spiro atoms. The minimum atomic E-state index is -0.520. The van der Waals surface area contributed by atoms with Crippen LogP contribution < -0.4 is 0 Å². The molecular formula is C12H20O3. The highest BCUT2D eigenvalue weighted by atomic mass is 16.5. The average Bonchev–Trinajstić information content (AvgIpc) is 2.15. The van der Waals surface area contributed by atoms with Crippen LogP contribution in [0.2, 0.25) is 0 Å². The molecule has 1 aliphatic rings. The Labute approximate surface area is 91.2 Å². The summed E-state index contributed by atoms with van der Waals surface area (Å²) in [4.78, 5) is 23.0. The number of hydrogen-bond acceptors (Lipinski definition) is 3. The number of Topliss-reactive ketones (excluding diaryl/α,β-unsaturated/α-hetero) is 1. The first-order valence-corrected chi connectivity index (χ1v) is 5.46. The summed E-state index contributed by atoms with van der Waals surface area (Å²) in [5, 5.41) is 0. The molecule has 0 saturated heterocycles. The van der Waals surface area contributed by atoms with Gasteiger partial charge in [0.2, 0.25) is 0 Å². The summed E-state index contributed by atoms with van der Waals surface area (Å²) >= 11 is 0. The van der Waals surface area contributed by atoms with Gasteiger partial charge in [0, 0.05) is 6.42 Å². The standard InChI is InChI=1S/C12H20O3/c1-12(2,3)8-5-6-10(13)9(7-8)11(14)15-4/h8-9H,5-7H2,1-4H3. The average molecular weight is 212 g/mol. The van der Waals surface area contributed by atoms with Crippen molar-refractivity contribution >= 4 is 11.8 Å². The summed E-state index contributed by atoms with van der Waals surface area (Å²) in [6, 6.07) is 0. The molecule has 0 aromatic rings. The molecule has 0 radical (unpaired) electrons. The van der Waals surface area contributed by atoms with Crippen molar-refractivity contribution in [1.29, 1.82) is 0 Å². The van der Waals surface area contributed by atoms with Crippen molar-refractivity contribution in [2.24, 2.45) is 17.3 Å². The molecule has 15 heavy (non-hydrogen) atoms. The van der Waals surface area contributed by atoms with Crippen LogP contribution in [0.25, 0.3) is 0 Å². The van der Waals surface area contributed by atoms with Crippen molar-refractivity contribution in [2.45, 2.75) is 40.0 Å². The molecule has 1 aliphatic carbocycles. The number of ketones is 1. The second-order valence-corrected chi connectivity index (χ2v) is 5.38. The fourth-order valence-electron chi connectivity index (χ4n) is 2.18. The van der Waals surface area contributed by atoms with Gasteiger partial charge in [-0.1, -0.05) is 20.8 Å². The van der Waals surface area contributed by atoms with Gasteiger partial charge in [0.15, 0.2) is 0 Å². The first-order valence-electron chi connectivity index (χ1n) is 5.46. The Kier molecular flexibility index (Phi) is 3.53. The van der Waals surface area contributed by atoms with Crippen LogP contribution in [0.15, 0.2) is 0 Å². The number of methoxy groups -OCH3 is 1. The molecule has 3 nitrogen and oxygen atoms in total. The molecule has 1 rings (SSSR count). The van der Waals surface area contributed by atoms with E-state index in [-0.39, 0.29) is 17.2 Å². The molecule has 0 aromatic carbocycles. The molecule has 0 aliphatic heterocycles. The summed E-state index contributed by atoms with van der Waals surface area (Å²) in [5.74, 6) is -0.413. The van der Waals surface area contributed by atoms with Gasteiger partial charge in [-0.05, 0) is 24.2 Å². The van der Waals surface area contributed by atoms with Crippen molar-refractivity contribution in [3.63, 3.8) is 0 Å². The lowest BCUT2D eigenvalue weighted by atomic mass is 9.69. The van der Waals surface area contributed by atoms with Crippen LogP contribution in [-0.4, -0.2) is 18.9 Å². The third kappa shape index (κ3) is 2.80. The SMILES string of the molecule is COC(=O)C1CC(C(C)(C)C)CCC1=O. The van der Waals surface area contributed by atoms with Gasteiger partial charge in [-0.3, -0.25) is 9.59 Å². The molecule has 86 valence electrons. The molecule has 2 unspecified atom stereocenters. The Morgan fingerprint density at radius 2 is 2.00 bits per heavy atom. The van der Waals surface area contributed by atoms with Crippen LogP contribution in [0.4, 0.5) is 0 Å². The maximum atomic E-state index is 11.6. The van der Waals surface area contributed by atoms with Crippen molar-refractivity contribution in [1.82, 2.24) is 0 Å². The second-order valence-electron chi connectivity index (χ2n) is 5.38. The topological polar surface area (TPSA) is 43.4 Å². The monoisotopic (exact) mass is 212 g/mol. The molecule has 0 amide bonds. The number of carbonyl (C=O) groups is 2. The Balaban J connectivity index is 2.72. The highest BCUT2D eigenvalue weighted by Gasteiger charge is 2.38. The van der Waals surface area contributed by atoms with E-state index in [0.29, 0.717) is 18.8 Å². The smallest absolute Gasteiger partial charge is 0.316 e. The lowest BCUT2D eigenvalue weighted by Crippen LogP contribution is -2.36. The van der Waals surface area contributed by atoms with Crippen molar-refractivity contribution in [3.05, 3.63) is 0 Å². The zero-order chi connectivity index (χ0) is 11.6. The highest BCUT2D eigenvalue weighted by molar-refractivity contribution is 5.99. The minimum Gasteiger partial charge on any atom is -0.468 e. The van der Waals surface area contributed by atoms with E-state index in [2.05, 4.69) is 25.5 Å². The van der Waals surface area contributed by atoms with Gasteiger partial charge in [0.1, 0.15) is 11.7 Å². The molecule has 1 fully saturated rings. The van der Waals surface area contributed by atoms with Gasteiger partial charge in [-0.25, -0.2) is 0 Å². The summed E-state index contributed by atoms with van der Waals surface area (Å²) in [5.41, 5.74) is 0.160. The van der Waals surface area contributed by atoms with Gasteiger partial charge < -0.3 is 4.74 Å². The van der Waals surface area contributed by atoms with E-state index in [4.69, 9.17) is 0 Å². The van der Waals surface area contributed by atoms with Crippen LogP contribution in [-0.2, 0) is 14.3 Å². The molecule has 2 atom stereocenters. The number of ether oxygens (including phenoxy) is 1. The zero-order valence-electron chi connectivity index (χ0n) is 10.0. The van der Waals surface area contributed by atoms with Crippen LogP contribution >= 0.6 is 0 Å². The second kappa shape index (κ2) is 4.33. The Bertz CT molecular complexity index is 255. The largest absolute Gasteiger partial charge is 0.468 e. The quantitative estimate of drug-likeness (QED) is 0.494. The summed E-state index contributed by atoms with van der Waals surface area (Å²) in [6.07, 6.45) is 2.06. The first kappa shape index (κ1) is 12.2. The zero-order valence-corrected chi connectivity index (χ0v) is 10.0. The van der Waals surface area contributed by atoms with Gasteiger partial charge in [0.25, 0.3) is 0 Å². The number of hydrogen-bond donors (Lipinski definition) is 0. The van der Waals surface area contributed by atoms with Crippen LogP contribution in [0.3, 0.4) is 0 Å². The summed E-state index contributed by atoms with van der Waals surface area (Å²) in [7, 11) is 1.34. The lowest BCUT2D eigenvalue weighted by Gasteiger charge is -2.35.